The second kappa shape index (κ2) is 10.1. The number of nitrogens with zero attached hydrogens (tertiary/aromatic N) is 3. The predicted molar refractivity (Wildman–Crippen MR) is 151 cm³/mol. The van der Waals surface area contributed by atoms with Crippen LogP contribution >= 0.6 is 11.6 Å². The lowest BCUT2D eigenvalue weighted by molar-refractivity contribution is -0.127. The van der Waals surface area contributed by atoms with E-state index in [1.807, 2.05) is 11.0 Å². The van der Waals surface area contributed by atoms with Gasteiger partial charge in [-0.2, -0.15) is 8.42 Å². The van der Waals surface area contributed by atoms with Crippen molar-refractivity contribution in [2.75, 3.05) is 36.0 Å². The van der Waals surface area contributed by atoms with E-state index in [1.54, 1.807) is 31.2 Å². The summed E-state index contributed by atoms with van der Waals surface area (Å²) in [5.41, 5.74) is -0.890. The van der Waals surface area contributed by atoms with Gasteiger partial charge in [0.05, 0.1) is 11.3 Å². The van der Waals surface area contributed by atoms with Crippen LogP contribution in [0, 0.1) is 5.41 Å². The Morgan fingerprint density at radius 1 is 0.974 bits per heavy atom. The van der Waals surface area contributed by atoms with Crippen LogP contribution in [0.15, 0.2) is 41.4 Å². The maximum absolute atomic E-state index is 13.3. The average molecular weight is 577 g/mol. The Morgan fingerprint density at radius 2 is 1.62 bits per heavy atom. The molecule has 2 aromatic rings. The van der Waals surface area contributed by atoms with Crippen molar-refractivity contribution in [1.29, 1.82) is 0 Å². The van der Waals surface area contributed by atoms with Gasteiger partial charge in [-0.05, 0) is 62.3 Å². The number of piperidine rings is 2. The standard InChI is InChI=1S/C28H37ClN4O5S/c1-26(2)11-15-32(16-12-26)21-8-7-20(29)19-22(21)38-28(9-10-28)25(34)31-39(36,37)24-6-4-5-23(30-24)33-17-13-27(3,35)14-18-33/h4-8,19,35H,9-18H2,1-3H3,(H,31,34). The van der Waals surface area contributed by atoms with Gasteiger partial charge >= 0.3 is 0 Å². The van der Waals surface area contributed by atoms with Crippen molar-refractivity contribution in [3.8, 4) is 5.75 Å². The van der Waals surface area contributed by atoms with Crippen LogP contribution in [-0.4, -0.2) is 61.8 Å². The fraction of sp³-hybridized carbons (Fsp3) is 0.571. The van der Waals surface area contributed by atoms with Crippen molar-refractivity contribution < 1.29 is 23.1 Å². The van der Waals surface area contributed by atoms with Gasteiger partial charge < -0.3 is 19.6 Å². The molecule has 2 saturated heterocycles. The second-order valence-corrected chi connectivity index (χ2v) is 14.2. The minimum atomic E-state index is -4.23. The Balaban J connectivity index is 1.30. The molecule has 1 aromatic heterocycles. The second-order valence-electron chi connectivity index (χ2n) is 12.1. The van der Waals surface area contributed by atoms with Crippen LogP contribution in [0.5, 0.6) is 5.75 Å². The van der Waals surface area contributed by atoms with Crippen LogP contribution < -0.4 is 19.3 Å². The molecule has 0 atom stereocenters. The van der Waals surface area contributed by atoms with Crippen LogP contribution in [0.3, 0.4) is 0 Å². The van der Waals surface area contributed by atoms with Gasteiger partial charge in [-0.25, -0.2) is 9.71 Å². The summed E-state index contributed by atoms with van der Waals surface area (Å²) in [6.07, 6.45) is 3.97. The molecule has 39 heavy (non-hydrogen) atoms. The molecule has 3 aliphatic rings. The van der Waals surface area contributed by atoms with Crippen molar-refractivity contribution in [1.82, 2.24) is 9.71 Å². The van der Waals surface area contributed by atoms with E-state index >= 15 is 0 Å². The highest BCUT2D eigenvalue weighted by atomic mass is 35.5. The maximum atomic E-state index is 13.3. The van der Waals surface area contributed by atoms with E-state index in [0.717, 1.165) is 31.6 Å². The van der Waals surface area contributed by atoms with Crippen molar-refractivity contribution in [3.05, 3.63) is 41.4 Å². The zero-order chi connectivity index (χ0) is 28.1. The molecule has 11 heteroatoms. The zero-order valence-corrected chi connectivity index (χ0v) is 24.3. The number of pyridine rings is 1. The van der Waals surface area contributed by atoms with Crippen molar-refractivity contribution in [2.24, 2.45) is 5.41 Å². The highest BCUT2D eigenvalue weighted by Crippen LogP contribution is 2.45. The van der Waals surface area contributed by atoms with Gasteiger partial charge in [0.15, 0.2) is 10.6 Å². The first-order valence-corrected chi connectivity index (χ1v) is 15.4. The summed E-state index contributed by atoms with van der Waals surface area (Å²) in [4.78, 5) is 21.8. The number of nitrogens with one attached hydrogen (secondary N) is 1. The maximum Gasteiger partial charge on any atom is 0.281 e. The molecule has 5 rings (SSSR count). The number of carbonyl (C=O) groups excluding carboxylic acids is 1. The molecule has 9 nitrogen and oxygen atoms in total. The summed E-state index contributed by atoms with van der Waals surface area (Å²) in [6.45, 7) is 9.14. The van der Waals surface area contributed by atoms with Gasteiger partial charge in [0.25, 0.3) is 15.9 Å². The number of ether oxygens (including phenoxy) is 1. The van der Waals surface area contributed by atoms with Crippen LogP contribution in [0.2, 0.25) is 5.02 Å². The molecule has 3 fully saturated rings. The zero-order valence-electron chi connectivity index (χ0n) is 22.7. The molecule has 2 aliphatic heterocycles. The number of halogens is 1. The van der Waals surface area contributed by atoms with Gasteiger partial charge in [-0.1, -0.05) is 31.5 Å². The number of benzene rings is 1. The van der Waals surface area contributed by atoms with Crippen LogP contribution in [-0.2, 0) is 14.8 Å². The number of hydrogen-bond acceptors (Lipinski definition) is 8. The summed E-state index contributed by atoms with van der Waals surface area (Å²) in [5.74, 6) is 0.259. The Morgan fingerprint density at radius 3 is 2.26 bits per heavy atom. The molecule has 1 aliphatic carbocycles. The van der Waals surface area contributed by atoms with E-state index in [9.17, 15) is 18.3 Å². The molecule has 0 spiro atoms. The van der Waals surface area contributed by atoms with E-state index in [0.29, 0.717) is 55.4 Å². The third kappa shape index (κ3) is 6.28. The first-order chi connectivity index (χ1) is 18.3. The Kier molecular flexibility index (Phi) is 7.26. The number of sulfonamides is 1. The number of amides is 1. The third-order valence-electron chi connectivity index (χ3n) is 8.18. The third-order valence-corrected chi connectivity index (χ3v) is 9.65. The van der Waals surface area contributed by atoms with Gasteiger partial charge in [-0.15, -0.1) is 0 Å². The molecule has 1 aromatic carbocycles. The molecule has 0 unspecified atom stereocenters. The topological polar surface area (TPSA) is 112 Å². The summed E-state index contributed by atoms with van der Waals surface area (Å²) in [5, 5.41) is 10.5. The summed E-state index contributed by atoms with van der Waals surface area (Å²) in [6, 6.07) is 10.1. The fourth-order valence-electron chi connectivity index (χ4n) is 5.10. The highest BCUT2D eigenvalue weighted by Gasteiger charge is 2.54. The minimum absolute atomic E-state index is 0.235. The molecular formula is C28H37ClN4O5S. The molecule has 0 bridgehead atoms. The number of anilines is 2. The average Bonchev–Trinajstić information content (AvgIpc) is 3.65. The lowest BCUT2D eigenvalue weighted by Gasteiger charge is -2.39. The quantitative estimate of drug-likeness (QED) is 0.506. The molecule has 0 radical (unpaired) electrons. The van der Waals surface area contributed by atoms with Crippen LogP contribution in [0.4, 0.5) is 11.5 Å². The molecule has 212 valence electrons. The first kappa shape index (κ1) is 28.0. The van der Waals surface area contributed by atoms with E-state index in [2.05, 4.69) is 28.5 Å². The minimum Gasteiger partial charge on any atom is -0.475 e. The van der Waals surface area contributed by atoms with Crippen LogP contribution in [0.1, 0.15) is 59.3 Å². The van der Waals surface area contributed by atoms with Crippen molar-refractivity contribution in [3.63, 3.8) is 0 Å². The Labute approximate surface area is 235 Å². The van der Waals surface area contributed by atoms with E-state index in [-0.39, 0.29) is 10.4 Å². The Hall–Kier alpha value is -2.56. The number of aliphatic hydroxyl groups is 1. The predicted octanol–water partition coefficient (Wildman–Crippen LogP) is 4.13. The van der Waals surface area contributed by atoms with Gasteiger partial charge in [0.1, 0.15) is 11.6 Å². The van der Waals surface area contributed by atoms with E-state index < -0.39 is 27.1 Å². The lowest BCUT2D eigenvalue weighted by atomic mass is 9.82. The summed E-state index contributed by atoms with van der Waals surface area (Å²) in [7, 11) is -4.23. The summed E-state index contributed by atoms with van der Waals surface area (Å²) >= 11 is 6.29. The lowest BCUT2D eigenvalue weighted by Crippen LogP contribution is -2.44. The highest BCUT2D eigenvalue weighted by molar-refractivity contribution is 7.90. The number of hydrogen-bond donors (Lipinski definition) is 2. The molecule has 1 amide bonds. The largest absolute Gasteiger partial charge is 0.475 e. The number of aromatic nitrogens is 1. The van der Waals surface area contributed by atoms with E-state index in [1.165, 1.54) is 6.07 Å². The van der Waals surface area contributed by atoms with Gasteiger partial charge in [-0.3, -0.25) is 4.79 Å². The van der Waals surface area contributed by atoms with Crippen molar-refractivity contribution >= 4 is 39.0 Å². The smallest absolute Gasteiger partial charge is 0.281 e. The molecule has 2 N–H and O–H groups in total. The summed E-state index contributed by atoms with van der Waals surface area (Å²) < 4.78 is 34.9. The Bertz CT molecular complexity index is 1340. The SMILES string of the molecule is CC1(C)CCN(c2ccc(Cl)cc2OC2(C(=O)NS(=O)(=O)c3cccc(N4CCC(C)(O)CC4)n3)CC2)CC1. The number of rotatable bonds is 7. The molecular weight excluding hydrogens is 540 g/mol. The van der Waals surface area contributed by atoms with Gasteiger partial charge in [0, 0.05) is 50.1 Å². The number of carbonyl (C=O) groups is 1. The van der Waals surface area contributed by atoms with Crippen molar-refractivity contribution in [2.45, 2.75) is 75.5 Å². The fourth-order valence-corrected chi connectivity index (χ4v) is 6.27. The molecule has 3 heterocycles. The normalized spacial score (nSPS) is 21.8. The first-order valence-electron chi connectivity index (χ1n) is 13.5. The van der Waals surface area contributed by atoms with E-state index in [4.69, 9.17) is 16.3 Å². The molecule has 1 saturated carbocycles. The van der Waals surface area contributed by atoms with Crippen LogP contribution in [0.25, 0.3) is 0 Å². The monoisotopic (exact) mass is 576 g/mol. The van der Waals surface area contributed by atoms with Gasteiger partial charge in [0.2, 0.25) is 0 Å².